The van der Waals surface area contributed by atoms with E-state index < -0.39 is 5.82 Å². The fraction of sp³-hybridized carbons (Fsp3) is 0.200. The molecular weight excluding hydrogens is 250 g/mol. The maximum Gasteiger partial charge on any atom is 0.165 e. The summed E-state index contributed by atoms with van der Waals surface area (Å²) in [5.41, 5.74) is 1.90. The lowest BCUT2D eigenvalue weighted by molar-refractivity contribution is 0.251. The number of aliphatic hydroxyl groups excluding tert-OH is 1. The molecule has 4 heteroatoms. The Bertz CT molecular complexity index is 582. The van der Waals surface area contributed by atoms with Crippen molar-refractivity contribution in [1.82, 2.24) is 0 Å². The zero-order valence-electron chi connectivity index (χ0n) is 10.5. The van der Waals surface area contributed by atoms with Gasteiger partial charge in [0.1, 0.15) is 12.4 Å². The summed E-state index contributed by atoms with van der Waals surface area (Å²) >= 11 is 0. The second-order valence-corrected chi connectivity index (χ2v) is 4.25. The summed E-state index contributed by atoms with van der Waals surface area (Å²) in [6.07, 6.45) is 0. The summed E-state index contributed by atoms with van der Waals surface area (Å²) in [5, 5.41) is 9.13. The molecule has 0 aliphatic carbocycles. The predicted octanol–water partition coefficient (Wildman–Crippen LogP) is 3.34. The van der Waals surface area contributed by atoms with Gasteiger partial charge in [-0.15, -0.1) is 0 Å². The highest BCUT2D eigenvalue weighted by atomic mass is 19.1. The summed E-state index contributed by atoms with van der Waals surface area (Å²) in [5.74, 6) is -0.803. The molecule has 0 heterocycles. The summed E-state index contributed by atoms with van der Waals surface area (Å²) in [7, 11) is 0. The van der Waals surface area contributed by atoms with Crippen molar-refractivity contribution < 1.29 is 18.6 Å². The van der Waals surface area contributed by atoms with E-state index in [-0.39, 0.29) is 24.8 Å². The first-order valence-corrected chi connectivity index (χ1v) is 5.88. The molecule has 0 aliphatic heterocycles. The smallest absolute Gasteiger partial charge is 0.165 e. The monoisotopic (exact) mass is 264 g/mol. The van der Waals surface area contributed by atoms with Crippen LogP contribution < -0.4 is 4.74 Å². The molecule has 100 valence electrons. The van der Waals surface area contributed by atoms with E-state index >= 15 is 0 Å². The van der Waals surface area contributed by atoms with Crippen molar-refractivity contribution in [2.24, 2.45) is 0 Å². The van der Waals surface area contributed by atoms with Crippen molar-refractivity contribution in [3.8, 4) is 5.75 Å². The molecule has 0 saturated heterocycles. The Kier molecular flexibility index (Phi) is 4.12. The molecular formula is C15H14F2O2. The average molecular weight is 264 g/mol. The van der Waals surface area contributed by atoms with Gasteiger partial charge in [-0.25, -0.2) is 8.78 Å². The lowest BCUT2D eigenvalue weighted by Crippen LogP contribution is -2.02. The van der Waals surface area contributed by atoms with E-state index in [1.165, 1.54) is 24.3 Å². The molecule has 0 aromatic heterocycles. The number of aryl methyl sites for hydroxylation is 1. The van der Waals surface area contributed by atoms with Gasteiger partial charge in [0.05, 0.1) is 6.61 Å². The van der Waals surface area contributed by atoms with Crippen LogP contribution in [0, 0.1) is 18.6 Å². The summed E-state index contributed by atoms with van der Waals surface area (Å²) in [6.45, 7) is 1.59. The first-order chi connectivity index (χ1) is 9.11. The molecule has 0 unspecified atom stereocenters. The SMILES string of the molecule is Cc1cc(F)ccc1COc1c(F)cccc1CO. The molecule has 0 bridgehead atoms. The third kappa shape index (κ3) is 3.09. The molecule has 19 heavy (non-hydrogen) atoms. The van der Waals surface area contributed by atoms with Crippen molar-refractivity contribution >= 4 is 0 Å². The molecule has 0 saturated carbocycles. The van der Waals surface area contributed by atoms with Crippen LogP contribution in [0.5, 0.6) is 5.75 Å². The Morgan fingerprint density at radius 1 is 1.11 bits per heavy atom. The number of aliphatic hydroxyl groups is 1. The zero-order valence-corrected chi connectivity index (χ0v) is 10.5. The van der Waals surface area contributed by atoms with Crippen LogP contribution >= 0.6 is 0 Å². The number of para-hydroxylation sites is 1. The normalized spacial score (nSPS) is 10.5. The Morgan fingerprint density at radius 3 is 2.58 bits per heavy atom. The van der Waals surface area contributed by atoms with E-state index in [9.17, 15) is 8.78 Å². The van der Waals surface area contributed by atoms with Crippen molar-refractivity contribution in [3.05, 3.63) is 64.7 Å². The van der Waals surface area contributed by atoms with E-state index in [1.807, 2.05) is 0 Å². The molecule has 2 nitrogen and oxygen atoms in total. The van der Waals surface area contributed by atoms with Crippen molar-refractivity contribution in [1.29, 1.82) is 0 Å². The third-order valence-corrected chi connectivity index (χ3v) is 2.90. The van der Waals surface area contributed by atoms with Crippen LogP contribution in [0.1, 0.15) is 16.7 Å². The minimum Gasteiger partial charge on any atom is -0.485 e. The summed E-state index contributed by atoms with van der Waals surface area (Å²) in [4.78, 5) is 0. The van der Waals surface area contributed by atoms with Gasteiger partial charge in [-0.2, -0.15) is 0 Å². The highest BCUT2D eigenvalue weighted by Crippen LogP contribution is 2.24. The molecule has 0 spiro atoms. The lowest BCUT2D eigenvalue weighted by atomic mass is 10.1. The second-order valence-electron chi connectivity index (χ2n) is 4.25. The Balaban J connectivity index is 2.19. The van der Waals surface area contributed by atoms with E-state index in [0.717, 1.165) is 11.1 Å². The molecule has 0 atom stereocenters. The number of benzene rings is 2. The van der Waals surface area contributed by atoms with Crippen LogP contribution in [0.25, 0.3) is 0 Å². The molecule has 2 aromatic carbocycles. The van der Waals surface area contributed by atoms with Crippen LogP contribution in [0.2, 0.25) is 0 Å². The van der Waals surface area contributed by atoms with Crippen LogP contribution in [-0.4, -0.2) is 5.11 Å². The minimum atomic E-state index is -0.522. The highest BCUT2D eigenvalue weighted by Gasteiger charge is 2.10. The molecule has 2 rings (SSSR count). The number of hydrogen-bond acceptors (Lipinski definition) is 2. The largest absolute Gasteiger partial charge is 0.485 e. The fourth-order valence-electron chi connectivity index (χ4n) is 1.81. The van der Waals surface area contributed by atoms with E-state index in [4.69, 9.17) is 9.84 Å². The minimum absolute atomic E-state index is 0.0359. The first-order valence-electron chi connectivity index (χ1n) is 5.88. The van der Waals surface area contributed by atoms with Gasteiger partial charge in [0.2, 0.25) is 0 Å². The molecule has 2 aromatic rings. The van der Waals surface area contributed by atoms with Crippen LogP contribution in [0.4, 0.5) is 8.78 Å². The first kappa shape index (κ1) is 13.5. The van der Waals surface area contributed by atoms with Gasteiger partial charge in [0, 0.05) is 5.56 Å². The standard InChI is InChI=1S/C15H14F2O2/c1-10-7-13(16)6-5-12(10)9-19-15-11(8-18)3-2-4-14(15)17/h2-7,18H,8-9H2,1H3. The van der Waals surface area contributed by atoms with Crippen LogP contribution in [0.3, 0.4) is 0 Å². The number of halogens is 2. The van der Waals surface area contributed by atoms with Crippen LogP contribution in [0.15, 0.2) is 36.4 Å². The predicted molar refractivity (Wildman–Crippen MR) is 67.8 cm³/mol. The molecule has 1 N–H and O–H groups in total. The molecule has 0 fully saturated rings. The quantitative estimate of drug-likeness (QED) is 0.917. The maximum absolute atomic E-state index is 13.6. The van der Waals surface area contributed by atoms with E-state index in [2.05, 4.69) is 0 Å². The molecule has 0 radical (unpaired) electrons. The van der Waals surface area contributed by atoms with Crippen molar-refractivity contribution in [2.45, 2.75) is 20.1 Å². The van der Waals surface area contributed by atoms with Gasteiger partial charge in [-0.1, -0.05) is 18.2 Å². The Labute approximate surface area is 110 Å². The van der Waals surface area contributed by atoms with Crippen molar-refractivity contribution in [3.63, 3.8) is 0 Å². The van der Waals surface area contributed by atoms with E-state index in [0.29, 0.717) is 5.56 Å². The second kappa shape index (κ2) is 5.80. The summed E-state index contributed by atoms with van der Waals surface area (Å²) in [6, 6.07) is 8.70. The van der Waals surface area contributed by atoms with E-state index in [1.54, 1.807) is 19.1 Å². The topological polar surface area (TPSA) is 29.5 Å². The van der Waals surface area contributed by atoms with Crippen LogP contribution in [-0.2, 0) is 13.2 Å². The van der Waals surface area contributed by atoms with Gasteiger partial charge in [-0.3, -0.25) is 0 Å². The number of rotatable bonds is 4. The Hall–Kier alpha value is -1.94. The highest BCUT2D eigenvalue weighted by molar-refractivity contribution is 5.35. The zero-order chi connectivity index (χ0) is 13.8. The summed E-state index contributed by atoms with van der Waals surface area (Å²) < 4.78 is 32.0. The maximum atomic E-state index is 13.6. The average Bonchev–Trinajstić information content (AvgIpc) is 2.39. The molecule has 0 aliphatic rings. The van der Waals surface area contributed by atoms with Crippen molar-refractivity contribution in [2.75, 3.05) is 0 Å². The van der Waals surface area contributed by atoms with Gasteiger partial charge in [-0.05, 0) is 36.2 Å². The lowest BCUT2D eigenvalue weighted by Gasteiger charge is -2.12. The number of hydrogen-bond donors (Lipinski definition) is 1. The van der Waals surface area contributed by atoms with Gasteiger partial charge < -0.3 is 9.84 Å². The molecule has 0 amide bonds. The van der Waals surface area contributed by atoms with Gasteiger partial charge in [0.25, 0.3) is 0 Å². The fourth-order valence-corrected chi connectivity index (χ4v) is 1.81. The Morgan fingerprint density at radius 2 is 1.89 bits per heavy atom. The number of ether oxygens (including phenoxy) is 1. The van der Waals surface area contributed by atoms with Gasteiger partial charge in [0.15, 0.2) is 11.6 Å². The van der Waals surface area contributed by atoms with Gasteiger partial charge >= 0.3 is 0 Å². The third-order valence-electron chi connectivity index (χ3n) is 2.90.